The summed E-state index contributed by atoms with van der Waals surface area (Å²) in [5.74, 6) is -0.312. The zero-order chi connectivity index (χ0) is 18.6. The third-order valence-electron chi connectivity index (χ3n) is 4.38. The van der Waals surface area contributed by atoms with Crippen molar-refractivity contribution in [2.24, 2.45) is 0 Å². The molecule has 0 saturated carbocycles. The van der Waals surface area contributed by atoms with E-state index in [9.17, 15) is 9.59 Å². The second-order valence-electron chi connectivity index (χ2n) is 6.10. The van der Waals surface area contributed by atoms with Gasteiger partial charge >= 0.3 is 5.97 Å². The molecule has 130 valence electrons. The number of para-hydroxylation sites is 1. The molecule has 4 rings (SSSR count). The predicted octanol–water partition coefficient (Wildman–Crippen LogP) is 5.29. The molecule has 0 heterocycles. The van der Waals surface area contributed by atoms with Crippen LogP contribution in [0, 0.1) is 0 Å². The van der Waals surface area contributed by atoms with Crippen LogP contribution in [0.25, 0.3) is 10.8 Å². The number of carbonyl (C=O) groups excluding carboxylic acids is 2. The maximum absolute atomic E-state index is 13.2. The molecule has 27 heavy (non-hydrogen) atoms. The van der Waals surface area contributed by atoms with E-state index in [4.69, 9.17) is 4.74 Å². The monoisotopic (exact) mass is 352 g/mol. The zero-order valence-electron chi connectivity index (χ0n) is 14.5. The summed E-state index contributed by atoms with van der Waals surface area (Å²) in [6, 6.07) is 28.9. The third kappa shape index (κ3) is 3.35. The molecule has 0 unspecified atom stereocenters. The summed E-state index contributed by atoms with van der Waals surface area (Å²) in [7, 11) is 0. The summed E-state index contributed by atoms with van der Waals surface area (Å²) >= 11 is 0. The fourth-order valence-electron chi connectivity index (χ4n) is 3.08. The standard InChI is InChI=1S/C24H16O3/c25-23(20-16-8-10-17-9-4-5-13-19(17)20)21-14-6-7-15-22(21)24(26)27-18-11-2-1-3-12-18/h1-16H. The lowest BCUT2D eigenvalue weighted by molar-refractivity contribution is 0.0730. The molecule has 0 spiro atoms. The first kappa shape index (κ1) is 16.7. The summed E-state index contributed by atoms with van der Waals surface area (Å²) in [5, 5.41) is 1.84. The van der Waals surface area contributed by atoms with E-state index in [2.05, 4.69) is 0 Å². The zero-order valence-corrected chi connectivity index (χ0v) is 14.5. The highest BCUT2D eigenvalue weighted by atomic mass is 16.5. The normalized spacial score (nSPS) is 10.5. The van der Waals surface area contributed by atoms with Gasteiger partial charge in [-0.2, -0.15) is 0 Å². The van der Waals surface area contributed by atoms with Crippen LogP contribution in [0.1, 0.15) is 26.3 Å². The molecule has 3 nitrogen and oxygen atoms in total. The maximum atomic E-state index is 13.2. The molecular formula is C24H16O3. The molecule has 0 aromatic heterocycles. The van der Waals surface area contributed by atoms with Gasteiger partial charge in [-0.05, 0) is 29.0 Å². The van der Waals surface area contributed by atoms with Gasteiger partial charge in [0.15, 0.2) is 5.78 Å². The van der Waals surface area contributed by atoms with Gasteiger partial charge in [-0.25, -0.2) is 4.79 Å². The summed E-state index contributed by atoms with van der Waals surface area (Å²) in [5.41, 5.74) is 1.14. The van der Waals surface area contributed by atoms with Crippen LogP contribution >= 0.6 is 0 Å². The molecule has 0 fully saturated rings. The Morgan fingerprint density at radius 3 is 1.96 bits per heavy atom. The number of esters is 1. The number of carbonyl (C=O) groups is 2. The smallest absolute Gasteiger partial charge is 0.344 e. The van der Waals surface area contributed by atoms with Crippen molar-refractivity contribution in [3.8, 4) is 5.75 Å². The fraction of sp³-hybridized carbons (Fsp3) is 0. The van der Waals surface area contributed by atoms with Crippen molar-refractivity contribution in [3.63, 3.8) is 0 Å². The van der Waals surface area contributed by atoms with Crippen LogP contribution in [0.15, 0.2) is 97.1 Å². The maximum Gasteiger partial charge on any atom is 0.344 e. The fourth-order valence-corrected chi connectivity index (χ4v) is 3.08. The van der Waals surface area contributed by atoms with Gasteiger partial charge < -0.3 is 4.74 Å². The lowest BCUT2D eigenvalue weighted by Crippen LogP contribution is -2.15. The highest BCUT2D eigenvalue weighted by molar-refractivity contribution is 6.19. The molecule has 0 saturated heterocycles. The molecule has 0 amide bonds. The van der Waals surface area contributed by atoms with Crippen molar-refractivity contribution in [1.82, 2.24) is 0 Å². The Bertz CT molecular complexity index is 1130. The van der Waals surface area contributed by atoms with Crippen molar-refractivity contribution < 1.29 is 14.3 Å². The van der Waals surface area contributed by atoms with E-state index in [1.807, 2.05) is 42.5 Å². The summed E-state index contributed by atoms with van der Waals surface area (Å²) in [6.07, 6.45) is 0. The van der Waals surface area contributed by atoms with Gasteiger partial charge in [-0.1, -0.05) is 78.9 Å². The molecule has 4 aromatic carbocycles. The summed E-state index contributed by atoms with van der Waals surface area (Å²) in [6.45, 7) is 0. The second-order valence-corrected chi connectivity index (χ2v) is 6.10. The van der Waals surface area contributed by atoms with Gasteiger partial charge in [0.25, 0.3) is 0 Å². The Morgan fingerprint density at radius 2 is 1.15 bits per heavy atom. The number of fused-ring (bicyclic) bond motifs is 1. The van der Waals surface area contributed by atoms with Crippen LogP contribution in [0.5, 0.6) is 5.75 Å². The molecule has 0 aliphatic heterocycles. The minimum absolute atomic E-state index is 0.201. The minimum Gasteiger partial charge on any atom is -0.423 e. The van der Waals surface area contributed by atoms with Crippen molar-refractivity contribution in [2.45, 2.75) is 0 Å². The predicted molar refractivity (Wildman–Crippen MR) is 105 cm³/mol. The van der Waals surface area contributed by atoms with Crippen LogP contribution in [0.4, 0.5) is 0 Å². The Morgan fingerprint density at radius 1 is 0.556 bits per heavy atom. The van der Waals surface area contributed by atoms with Gasteiger partial charge in [-0.3, -0.25) is 4.79 Å². The average Bonchev–Trinajstić information content (AvgIpc) is 2.73. The molecule has 0 atom stereocenters. The molecule has 0 bridgehead atoms. The quantitative estimate of drug-likeness (QED) is 0.285. The number of hydrogen-bond donors (Lipinski definition) is 0. The topological polar surface area (TPSA) is 43.4 Å². The van der Waals surface area contributed by atoms with Crippen molar-refractivity contribution >= 4 is 22.5 Å². The average molecular weight is 352 g/mol. The highest BCUT2D eigenvalue weighted by Gasteiger charge is 2.20. The van der Waals surface area contributed by atoms with Gasteiger partial charge in [-0.15, -0.1) is 0 Å². The number of ketones is 1. The second kappa shape index (κ2) is 7.26. The van der Waals surface area contributed by atoms with E-state index in [0.29, 0.717) is 16.9 Å². The van der Waals surface area contributed by atoms with Crippen LogP contribution < -0.4 is 4.74 Å². The Labute approximate surface area is 156 Å². The van der Waals surface area contributed by atoms with Crippen LogP contribution in [0.3, 0.4) is 0 Å². The Kier molecular flexibility index (Phi) is 4.50. The van der Waals surface area contributed by atoms with E-state index >= 15 is 0 Å². The van der Waals surface area contributed by atoms with Crippen molar-refractivity contribution in [2.75, 3.05) is 0 Å². The lowest BCUT2D eigenvalue weighted by atomic mass is 9.94. The van der Waals surface area contributed by atoms with Crippen LogP contribution in [-0.2, 0) is 0 Å². The summed E-state index contributed by atoms with van der Waals surface area (Å²) < 4.78 is 5.42. The molecule has 0 N–H and O–H groups in total. The minimum atomic E-state index is -0.551. The van der Waals surface area contributed by atoms with Crippen molar-refractivity contribution in [1.29, 1.82) is 0 Å². The molecule has 0 aliphatic rings. The lowest BCUT2D eigenvalue weighted by Gasteiger charge is -2.10. The molecular weight excluding hydrogens is 336 g/mol. The first-order chi connectivity index (χ1) is 13.2. The first-order valence-electron chi connectivity index (χ1n) is 8.63. The van der Waals surface area contributed by atoms with E-state index < -0.39 is 5.97 Å². The number of rotatable bonds is 4. The largest absolute Gasteiger partial charge is 0.423 e. The van der Waals surface area contributed by atoms with Gasteiger partial charge in [0.05, 0.1) is 5.56 Å². The SMILES string of the molecule is O=C(Oc1ccccc1)c1ccccc1C(=O)c1cccc2ccccc12. The van der Waals surface area contributed by atoms with Crippen molar-refractivity contribution in [3.05, 3.63) is 114 Å². The van der Waals surface area contributed by atoms with E-state index in [-0.39, 0.29) is 11.3 Å². The molecule has 3 heteroatoms. The third-order valence-corrected chi connectivity index (χ3v) is 4.38. The Hall–Kier alpha value is -3.72. The highest BCUT2D eigenvalue weighted by Crippen LogP contribution is 2.23. The van der Waals surface area contributed by atoms with Gasteiger partial charge in [0.2, 0.25) is 0 Å². The van der Waals surface area contributed by atoms with Gasteiger partial charge in [0.1, 0.15) is 5.75 Å². The Balaban J connectivity index is 1.74. The van der Waals surface area contributed by atoms with Crippen LogP contribution in [0.2, 0.25) is 0 Å². The van der Waals surface area contributed by atoms with Crippen LogP contribution in [-0.4, -0.2) is 11.8 Å². The molecule has 4 aromatic rings. The molecule has 0 radical (unpaired) electrons. The molecule has 0 aliphatic carbocycles. The van der Waals surface area contributed by atoms with E-state index in [1.54, 1.807) is 54.6 Å². The number of benzene rings is 4. The number of hydrogen-bond acceptors (Lipinski definition) is 3. The number of ether oxygens (including phenoxy) is 1. The van der Waals surface area contributed by atoms with E-state index in [0.717, 1.165) is 10.8 Å². The van der Waals surface area contributed by atoms with E-state index in [1.165, 1.54) is 0 Å². The van der Waals surface area contributed by atoms with Gasteiger partial charge in [0, 0.05) is 11.1 Å². The summed E-state index contributed by atoms with van der Waals surface area (Å²) in [4.78, 5) is 25.9. The first-order valence-corrected chi connectivity index (χ1v) is 8.63.